The van der Waals surface area contributed by atoms with Gasteiger partial charge in [0.25, 0.3) is 0 Å². The zero-order chi connectivity index (χ0) is 17.6. The molecule has 0 amide bonds. The van der Waals surface area contributed by atoms with Crippen LogP contribution in [0.1, 0.15) is 0 Å². The van der Waals surface area contributed by atoms with Gasteiger partial charge in [0.2, 0.25) is 5.88 Å². The van der Waals surface area contributed by atoms with Crippen molar-refractivity contribution in [3.8, 4) is 17.3 Å². The summed E-state index contributed by atoms with van der Waals surface area (Å²) in [5, 5.41) is 9.88. The molecule has 7 nitrogen and oxygen atoms in total. The Morgan fingerprint density at radius 1 is 1.12 bits per heavy atom. The van der Waals surface area contributed by atoms with E-state index in [9.17, 15) is 4.79 Å². The van der Waals surface area contributed by atoms with Crippen molar-refractivity contribution >= 4 is 28.5 Å². The number of hydrogen-bond donors (Lipinski definition) is 1. The average Bonchev–Trinajstić information content (AvgIpc) is 2.62. The summed E-state index contributed by atoms with van der Waals surface area (Å²) in [6.07, 6.45) is 3.32. The summed E-state index contributed by atoms with van der Waals surface area (Å²) in [5.41, 5.74) is 1.42. The largest absolute Gasteiger partial charge is 0.480 e. The van der Waals surface area contributed by atoms with Crippen LogP contribution in [0.4, 0.5) is 0 Å². The summed E-state index contributed by atoms with van der Waals surface area (Å²) in [6.45, 7) is 0.0291. The Balaban J connectivity index is 1.66. The third-order valence-corrected chi connectivity index (χ3v) is 3.56. The van der Waals surface area contributed by atoms with Crippen LogP contribution in [0.15, 0.2) is 42.7 Å². The molecule has 0 spiro atoms. The summed E-state index contributed by atoms with van der Waals surface area (Å²) in [5.74, 6) is -0.0936. The van der Waals surface area contributed by atoms with Gasteiger partial charge in [0.15, 0.2) is 5.82 Å². The highest BCUT2D eigenvalue weighted by Gasteiger charge is 2.07. The van der Waals surface area contributed by atoms with Gasteiger partial charge in [-0.2, -0.15) is 0 Å². The predicted molar refractivity (Wildman–Crippen MR) is 91.7 cm³/mol. The summed E-state index contributed by atoms with van der Waals surface area (Å²) in [6, 6.07) is 9.00. The number of aliphatic carboxylic acids is 1. The molecular weight excluding hydrogens is 346 g/mol. The Hall–Kier alpha value is -2.77. The van der Waals surface area contributed by atoms with Crippen molar-refractivity contribution < 1.29 is 19.4 Å². The van der Waals surface area contributed by atoms with Crippen molar-refractivity contribution in [1.82, 2.24) is 15.0 Å². The molecule has 0 fully saturated rings. The number of pyridine rings is 1. The van der Waals surface area contributed by atoms with Crippen LogP contribution in [-0.4, -0.2) is 45.8 Å². The molecule has 3 aromatic rings. The number of rotatable bonds is 7. The summed E-state index contributed by atoms with van der Waals surface area (Å²) in [7, 11) is 0. The minimum Gasteiger partial charge on any atom is -0.480 e. The lowest BCUT2D eigenvalue weighted by Gasteiger charge is -2.06. The maximum Gasteiger partial charge on any atom is 0.329 e. The molecule has 0 atom stereocenters. The Morgan fingerprint density at radius 3 is 2.76 bits per heavy atom. The lowest BCUT2D eigenvalue weighted by molar-refractivity contribution is -0.142. The second kappa shape index (κ2) is 7.87. The number of carboxylic acids is 1. The van der Waals surface area contributed by atoms with Crippen LogP contribution >= 0.6 is 11.6 Å². The molecule has 0 aliphatic rings. The van der Waals surface area contributed by atoms with Gasteiger partial charge in [-0.15, -0.1) is 0 Å². The van der Waals surface area contributed by atoms with E-state index in [1.165, 1.54) is 0 Å². The van der Waals surface area contributed by atoms with Crippen LogP contribution in [0.2, 0.25) is 5.02 Å². The van der Waals surface area contributed by atoms with Crippen LogP contribution in [0.3, 0.4) is 0 Å². The van der Waals surface area contributed by atoms with E-state index in [0.717, 1.165) is 10.9 Å². The molecule has 0 aliphatic carbocycles. The first-order valence-electron chi connectivity index (χ1n) is 7.43. The molecule has 0 saturated carbocycles. The monoisotopic (exact) mass is 359 g/mol. The highest BCUT2D eigenvalue weighted by atomic mass is 35.5. The van der Waals surface area contributed by atoms with Gasteiger partial charge in [0, 0.05) is 29.4 Å². The number of fused-ring (bicyclic) bond motifs is 1. The van der Waals surface area contributed by atoms with Gasteiger partial charge in [0.1, 0.15) is 13.2 Å². The SMILES string of the molecule is O=C(O)COCCOc1ccc(-c2ncc3cccc(Cl)c3n2)cn1. The van der Waals surface area contributed by atoms with Gasteiger partial charge >= 0.3 is 5.97 Å². The van der Waals surface area contributed by atoms with Gasteiger partial charge < -0.3 is 14.6 Å². The number of para-hydroxylation sites is 1. The fourth-order valence-electron chi connectivity index (χ4n) is 2.12. The number of aromatic nitrogens is 3. The smallest absolute Gasteiger partial charge is 0.329 e. The van der Waals surface area contributed by atoms with E-state index in [1.54, 1.807) is 30.6 Å². The lowest BCUT2D eigenvalue weighted by Crippen LogP contribution is -2.12. The normalized spacial score (nSPS) is 10.8. The molecular formula is C17H14ClN3O4. The quantitative estimate of drug-likeness (QED) is 0.648. The second-order valence-electron chi connectivity index (χ2n) is 5.05. The molecule has 2 heterocycles. The fourth-order valence-corrected chi connectivity index (χ4v) is 2.35. The van der Waals surface area contributed by atoms with Crippen molar-refractivity contribution in [1.29, 1.82) is 0 Å². The number of benzene rings is 1. The summed E-state index contributed by atoms with van der Waals surface area (Å²) >= 11 is 6.17. The van der Waals surface area contributed by atoms with Gasteiger partial charge in [-0.3, -0.25) is 0 Å². The van der Waals surface area contributed by atoms with Crippen LogP contribution < -0.4 is 4.74 Å². The van der Waals surface area contributed by atoms with Crippen LogP contribution in [0, 0.1) is 0 Å². The Bertz CT molecular complexity index is 887. The van der Waals surface area contributed by atoms with E-state index in [2.05, 4.69) is 15.0 Å². The number of carboxylic acid groups (broad SMARTS) is 1. The van der Waals surface area contributed by atoms with Crippen LogP contribution in [0.5, 0.6) is 5.88 Å². The van der Waals surface area contributed by atoms with Gasteiger partial charge in [-0.25, -0.2) is 19.7 Å². The molecule has 1 aromatic carbocycles. The number of nitrogens with zero attached hydrogens (tertiary/aromatic N) is 3. The minimum atomic E-state index is -1.02. The van der Waals surface area contributed by atoms with Gasteiger partial charge in [0.05, 0.1) is 17.1 Å². The fraction of sp³-hybridized carbons (Fsp3) is 0.176. The number of halogens is 1. The van der Waals surface area contributed by atoms with Gasteiger partial charge in [-0.05, 0) is 12.1 Å². The highest BCUT2D eigenvalue weighted by molar-refractivity contribution is 6.35. The standard InChI is InChI=1S/C17H14ClN3O4/c18-13-3-1-2-11-8-20-17(21-16(11)13)12-4-5-14(19-9-12)25-7-6-24-10-15(22)23/h1-5,8-9H,6-7,10H2,(H,22,23). The van der Waals surface area contributed by atoms with Crippen molar-refractivity contribution in [2.75, 3.05) is 19.8 Å². The summed E-state index contributed by atoms with van der Waals surface area (Å²) < 4.78 is 10.3. The zero-order valence-corrected chi connectivity index (χ0v) is 13.8. The maximum absolute atomic E-state index is 10.3. The van der Waals surface area contributed by atoms with E-state index >= 15 is 0 Å². The summed E-state index contributed by atoms with van der Waals surface area (Å²) in [4.78, 5) is 23.3. The molecule has 25 heavy (non-hydrogen) atoms. The molecule has 3 rings (SSSR count). The first-order valence-corrected chi connectivity index (χ1v) is 7.81. The predicted octanol–water partition coefficient (Wildman–Crippen LogP) is 2.83. The van der Waals surface area contributed by atoms with Crippen molar-refractivity contribution in [3.05, 3.63) is 47.7 Å². The van der Waals surface area contributed by atoms with Crippen molar-refractivity contribution in [2.45, 2.75) is 0 Å². The molecule has 2 aromatic heterocycles. The first-order chi connectivity index (χ1) is 12.1. The first kappa shape index (κ1) is 17.1. The second-order valence-corrected chi connectivity index (χ2v) is 5.46. The molecule has 128 valence electrons. The van der Waals surface area contributed by atoms with E-state index in [0.29, 0.717) is 22.2 Å². The molecule has 1 N–H and O–H groups in total. The number of ether oxygens (including phenoxy) is 2. The van der Waals surface area contributed by atoms with Gasteiger partial charge in [-0.1, -0.05) is 23.7 Å². The zero-order valence-electron chi connectivity index (χ0n) is 13.1. The Kier molecular flexibility index (Phi) is 5.37. The number of carbonyl (C=O) groups is 1. The maximum atomic E-state index is 10.3. The minimum absolute atomic E-state index is 0.169. The molecule has 8 heteroatoms. The highest BCUT2D eigenvalue weighted by Crippen LogP contribution is 2.24. The van der Waals surface area contributed by atoms with Crippen LogP contribution in [0.25, 0.3) is 22.3 Å². The molecule has 0 saturated heterocycles. The van der Waals surface area contributed by atoms with Crippen molar-refractivity contribution in [2.24, 2.45) is 0 Å². The van der Waals surface area contributed by atoms with Crippen molar-refractivity contribution in [3.63, 3.8) is 0 Å². The van der Waals surface area contributed by atoms with Crippen LogP contribution in [-0.2, 0) is 9.53 Å². The third-order valence-electron chi connectivity index (χ3n) is 3.26. The third kappa shape index (κ3) is 4.40. The molecule has 0 unspecified atom stereocenters. The average molecular weight is 360 g/mol. The molecule has 0 radical (unpaired) electrons. The Labute approximate surface area is 148 Å². The van der Waals surface area contributed by atoms with E-state index in [4.69, 9.17) is 26.2 Å². The Morgan fingerprint density at radius 2 is 2.00 bits per heavy atom. The lowest BCUT2D eigenvalue weighted by atomic mass is 10.2. The van der Waals surface area contributed by atoms with E-state index in [-0.39, 0.29) is 19.8 Å². The number of hydrogen-bond acceptors (Lipinski definition) is 6. The molecule has 0 bridgehead atoms. The van der Waals surface area contributed by atoms with E-state index in [1.807, 2.05) is 12.1 Å². The molecule has 0 aliphatic heterocycles. The topological polar surface area (TPSA) is 94.4 Å². The van der Waals surface area contributed by atoms with E-state index < -0.39 is 5.97 Å².